The maximum absolute atomic E-state index is 2.41. The number of thiophene rings is 1. The second-order valence-electron chi connectivity index (χ2n) is 15.7. The number of rotatable bonds is 6. The van der Waals surface area contributed by atoms with Crippen molar-refractivity contribution in [2.75, 3.05) is 4.90 Å². The predicted molar refractivity (Wildman–Crippen MR) is 245 cm³/mol. The van der Waals surface area contributed by atoms with Crippen molar-refractivity contribution in [3.63, 3.8) is 0 Å². The molecule has 10 aromatic rings. The molecule has 2 heteroatoms. The van der Waals surface area contributed by atoms with Gasteiger partial charge in [0.25, 0.3) is 0 Å². The third-order valence-corrected chi connectivity index (χ3v) is 13.3. The van der Waals surface area contributed by atoms with E-state index in [1.807, 2.05) is 11.3 Å². The van der Waals surface area contributed by atoms with Crippen LogP contribution in [0.5, 0.6) is 0 Å². The summed E-state index contributed by atoms with van der Waals surface area (Å²) >= 11 is 1.88. The highest BCUT2D eigenvalue weighted by atomic mass is 32.1. The van der Waals surface area contributed by atoms with Crippen molar-refractivity contribution in [1.82, 2.24) is 0 Å². The molecule has 0 fully saturated rings. The minimum Gasteiger partial charge on any atom is -0.311 e. The van der Waals surface area contributed by atoms with Gasteiger partial charge in [-0.05, 0) is 121 Å². The Morgan fingerprint density at radius 1 is 0.368 bits per heavy atom. The third-order valence-electron chi connectivity index (χ3n) is 12.1. The average Bonchev–Trinajstić information content (AvgIpc) is 3.76. The summed E-state index contributed by atoms with van der Waals surface area (Å²) < 4.78 is 2.66. The quantitative estimate of drug-likeness (QED) is 0.164. The molecule has 1 nitrogen and oxygen atoms in total. The van der Waals surface area contributed by atoms with Crippen molar-refractivity contribution in [3.05, 3.63) is 211 Å². The molecule has 9 aromatic carbocycles. The largest absolute Gasteiger partial charge is 0.311 e. The first-order valence-corrected chi connectivity index (χ1v) is 20.6. The van der Waals surface area contributed by atoms with Crippen LogP contribution in [0.2, 0.25) is 0 Å². The zero-order valence-electron chi connectivity index (χ0n) is 31.9. The molecule has 0 aliphatic heterocycles. The van der Waals surface area contributed by atoms with E-state index in [2.05, 4.69) is 219 Å². The predicted octanol–water partition coefficient (Wildman–Crippen LogP) is 16.0. The Morgan fingerprint density at radius 3 is 1.63 bits per heavy atom. The lowest BCUT2D eigenvalue weighted by molar-refractivity contribution is 0.660. The third kappa shape index (κ3) is 5.59. The maximum atomic E-state index is 2.41. The van der Waals surface area contributed by atoms with E-state index < -0.39 is 0 Å². The molecular formula is C55H39NS. The molecule has 0 amide bonds. The molecule has 1 aliphatic carbocycles. The van der Waals surface area contributed by atoms with E-state index in [9.17, 15) is 0 Å². The van der Waals surface area contributed by atoms with E-state index in [0.717, 1.165) is 17.1 Å². The fourth-order valence-electron chi connectivity index (χ4n) is 9.07. The van der Waals surface area contributed by atoms with Crippen LogP contribution in [-0.2, 0) is 5.41 Å². The second kappa shape index (κ2) is 13.2. The van der Waals surface area contributed by atoms with Crippen LogP contribution in [0, 0.1) is 0 Å². The van der Waals surface area contributed by atoms with E-state index in [1.54, 1.807) is 0 Å². The van der Waals surface area contributed by atoms with Gasteiger partial charge in [0, 0.05) is 42.6 Å². The first-order valence-electron chi connectivity index (χ1n) is 19.7. The Bertz CT molecular complexity index is 3130. The van der Waals surface area contributed by atoms with E-state index in [-0.39, 0.29) is 5.41 Å². The number of nitrogens with zero attached hydrogens (tertiary/aromatic N) is 1. The fourth-order valence-corrected chi connectivity index (χ4v) is 10.3. The monoisotopic (exact) mass is 745 g/mol. The van der Waals surface area contributed by atoms with Gasteiger partial charge in [0.2, 0.25) is 0 Å². The highest BCUT2D eigenvalue weighted by Gasteiger charge is 2.35. The average molecular weight is 746 g/mol. The van der Waals surface area contributed by atoms with Crippen molar-refractivity contribution in [3.8, 4) is 44.5 Å². The Kier molecular flexibility index (Phi) is 7.77. The van der Waals surface area contributed by atoms with Crippen molar-refractivity contribution in [1.29, 1.82) is 0 Å². The number of hydrogen-bond donors (Lipinski definition) is 0. The van der Waals surface area contributed by atoms with Crippen molar-refractivity contribution < 1.29 is 0 Å². The first kappa shape index (κ1) is 33.6. The van der Waals surface area contributed by atoms with Gasteiger partial charge < -0.3 is 4.90 Å². The summed E-state index contributed by atoms with van der Waals surface area (Å²) in [6, 6.07) is 73.8. The molecule has 0 saturated heterocycles. The molecule has 0 spiro atoms. The van der Waals surface area contributed by atoms with Gasteiger partial charge in [-0.15, -0.1) is 11.3 Å². The number of hydrogen-bond acceptors (Lipinski definition) is 2. The van der Waals surface area contributed by atoms with Crippen LogP contribution in [0.3, 0.4) is 0 Å². The smallest absolute Gasteiger partial charge is 0.0462 e. The van der Waals surface area contributed by atoms with Crippen LogP contribution in [0.25, 0.3) is 75.5 Å². The van der Waals surface area contributed by atoms with Gasteiger partial charge >= 0.3 is 0 Å². The summed E-state index contributed by atoms with van der Waals surface area (Å²) in [6.07, 6.45) is 0. The lowest BCUT2D eigenvalue weighted by Gasteiger charge is -2.26. The maximum Gasteiger partial charge on any atom is 0.0462 e. The summed E-state index contributed by atoms with van der Waals surface area (Å²) in [4.78, 5) is 2.38. The molecule has 0 unspecified atom stereocenters. The van der Waals surface area contributed by atoms with Gasteiger partial charge in [-0.1, -0.05) is 159 Å². The normalized spacial score (nSPS) is 12.9. The number of fused-ring (bicyclic) bond motifs is 7. The summed E-state index contributed by atoms with van der Waals surface area (Å²) in [5, 5.41) is 5.16. The molecular weight excluding hydrogens is 707 g/mol. The molecule has 0 radical (unpaired) electrons. The molecule has 0 saturated carbocycles. The van der Waals surface area contributed by atoms with Gasteiger partial charge in [-0.2, -0.15) is 0 Å². The molecule has 11 rings (SSSR count). The first-order chi connectivity index (χ1) is 28.0. The zero-order chi connectivity index (χ0) is 38.1. The van der Waals surface area contributed by atoms with Crippen LogP contribution in [0.1, 0.15) is 25.0 Å². The van der Waals surface area contributed by atoms with Crippen LogP contribution in [0.15, 0.2) is 200 Å². The van der Waals surface area contributed by atoms with Crippen molar-refractivity contribution in [2.45, 2.75) is 19.3 Å². The van der Waals surface area contributed by atoms with Crippen LogP contribution < -0.4 is 4.90 Å². The highest BCUT2D eigenvalue weighted by molar-refractivity contribution is 7.26. The SMILES string of the molecule is CC1(C)c2ccccc2-c2ccc(-c3ccc(N(c4ccc(-c5ccc6ccccc6c5)cc4)c4ccc(-c5cccc6c5sc5ccccc56)cc4)cc3)cc21. The Balaban J connectivity index is 0.973. The van der Waals surface area contributed by atoms with Crippen molar-refractivity contribution in [2.24, 2.45) is 0 Å². The molecule has 57 heavy (non-hydrogen) atoms. The Morgan fingerprint density at radius 2 is 0.895 bits per heavy atom. The van der Waals surface area contributed by atoms with Gasteiger partial charge in [0.1, 0.15) is 0 Å². The zero-order valence-corrected chi connectivity index (χ0v) is 32.7. The van der Waals surface area contributed by atoms with Gasteiger partial charge in [-0.3, -0.25) is 0 Å². The Labute approximate surface area is 337 Å². The highest BCUT2D eigenvalue weighted by Crippen LogP contribution is 2.50. The van der Waals surface area contributed by atoms with Gasteiger partial charge in [0.15, 0.2) is 0 Å². The molecule has 0 N–H and O–H groups in total. The van der Waals surface area contributed by atoms with E-state index >= 15 is 0 Å². The Hall–Kier alpha value is -6.74. The molecule has 270 valence electrons. The van der Waals surface area contributed by atoms with Gasteiger partial charge in [0.05, 0.1) is 0 Å². The molecule has 1 heterocycles. The molecule has 1 aromatic heterocycles. The molecule has 0 bridgehead atoms. The standard InChI is InChI=1S/C55H39NS/c1-55(2)51-16-7-5-12-47(51)48-33-26-42(35-52(48)55)38-22-29-44(30-23-38)56(43-27-20-37(21-28-43)41-19-18-36-10-3-4-11-40(36)34-41)45-31-24-39(25-32-45)46-14-9-15-50-49-13-6-8-17-53(49)57-54(46)50/h3-35H,1-2H3. The number of benzene rings is 9. The van der Waals surface area contributed by atoms with E-state index in [0.29, 0.717) is 0 Å². The van der Waals surface area contributed by atoms with Crippen LogP contribution in [-0.4, -0.2) is 0 Å². The van der Waals surface area contributed by atoms with E-state index in [1.165, 1.54) is 86.6 Å². The molecule has 1 aliphatic rings. The van der Waals surface area contributed by atoms with Gasteiger partial charge in [-0.25, -0.2) is 0 Å². The lowest BCUT2D eigenvalue weighted by Crippen LogP contribution is -2.14. The summed E-state index contributed by atoms with van der Waals surface area (Å²) in [5.74, 6) is 0. The minimum atomic E-state index is -0.0354. The topological polar surface area (TPSA) is 3.24 Å². The number of anilines is 3. The second-order valence-corrected chi connectivity index (χ2v) is 16.8. The summed E-state index contributed by atoms with van der Waals surface area (Å²) in [5.41, 5.74) is 16.2. The minimum absolute atomic E-state index is 0.0354. The van der Waals surface area contributed by atoms with Crippen LogP contribution >= 0.6 is 11.3 Å². The summed E-state index contributed by atoms with van der Waals surface area (Å²) in [7, 11) is 0. The fraction of sp³-hybridized carbons (Fsp3) is 0.0545. The molecule has 0 atom stereocenters. The van der Waals surface area contributed by atoms with Crippen molar-refractivity contribution >= 4 is 59.3 Å². The summed E-state index contributed by atoms with van der Waals surface area (Å²) in [6.45, 7) is 4.70. The lowest BCUT2D eigenvalue weighted by atomic mass is 9.81. The van der Waals surface area contributed by atoms with E-state index in [4.69, 9.17) is 0 Å². The van der Waals surface area contributed by atoms with Crippen LogP contribution in [0.4, 0.5) is 17.1 Å².